The Labute approximate surface area is 130 Å². The van der Waals surface area contributed by atoms with Crippen LogP contribution in [-0.2, 0) is 16.0 Å². The highest BCUT2D eigenvalue weighted by molar-refractivity contribution is 8.00. The third-order valence-corrected chi connectivity index (χ3v) is 4.10. The monoisotopic (exact) mass is 308 g/mol. The van der Waals surface area contributed by atoms with Crippen molar-refractivity contribution in [1.29, 1.82) is 0 Å². The molecule has 0 aliphatic rings. The first kappa shape index (κ1) is 17.6. The molecule has 0 saturated heterocycles. The van der Waals surface area contributed by atoms with Crippen LogP contribution in [0.2, 0.25) is 0 Å². The van der Waals surface area contributed by atoms with Crippen LogP contribution in [0.15, 0.2) is 30.3 Å². The van der Waals surface area contributed by atoms with E-state index in [1.54, 1.807) is 0 Å². The molecule has 0 radical (unpaired) electrons. The number of nitrogens with one attached hydrogen (secondary N) is 1. The van der Waals surface area contributed by atoms with E-state index in [-0.39, 0.29) is 28.9 Å². The molecule has 1 aromatic carbocycles. The summed E-state index contributed by atoms with van der Waals surface area (Å²) in [6.45, 7) is 6.33. The Morgan fingerprint density at radius 1 is 1.19 bits per heavy atom. The lowest BCUT2D eigenvalue weighted by Gasteiger charge is -2.31. The second-order valence-electron chi connectivity index (χ2n) is 6.13. The largest absolute Gasteiger partial charge is 0.369 e. The van der Waals surface area contributed by atoms with Gasteiger partial charge in [0, 0.05) is 6.04 Å². The van der Waals surface area contributed by atoms with Crippen molar-refractivity contribution in [2.45, 2.75) is 33.2 Å². The Kier molecular flexibility index (Phi) is 6.75. The minimum atomic E-state index is -0.399. The third-order valence-electron chi connectivity index (χ3n) is 3.14. The van der Waals surface area contributed by atoms with Crippen LogP contribution in [0, 0.1) is 5.41 Å². The van der Waals surface area contributed by atoms with E-state index < -0.39 is 5.91 Å². The molecule has 0 aliphatic heterocycles. The molecule has 21 heavy (non-hydrogen) atoms. The van der Waals surface area contributed by atoms with Gasteiger partial charge in [0.05, 0.1) is 11.5 Å². The van der Waals surface area contributed by atoms with Crippen molar-refractivity contribution in [3.05, 3.63) is 35.9 Å². The maximum absolute atomic E-state index is 12.0. The first-order valence-corrected chi connectivity index (χ1v) is 8.14. The van der Waals surface area contributed by atoms with Gasteiger partial charge in [-0.2, -0.15) is 0 Å². The summed E-state index contributed by atoms with van der Waals surface area (Å²) in [5.74, 6) is -0.0297. The molecule has 1 atom stereocenters. The molecule has 1 rings (SSSR count). The van der Waals surface area contributed by atoms with Crippen molar-refractivity contribution in [3.63, 3.8) is 0 Å². The van der Waals surface area contributed by atoms with Gasteiger partial charge in [-0.15, -0.1) is 11.8 Å². The number of primary amides is 1. The fourth-order valence-corrected chi connectivity index (χ4v) is 2.48. The topological polar surface area (TPSA) is 72.2 Å². The highest BCUT2D eigenvalue weighted by Gasteiger charge is 2.26. The van der Waals surface area contributed by atoms with E-state index >= 15 is 0 Å². The molecule has 116 valence electrons. The molecule has 0 heterocycles. The zero-order valence-electron chi connectivity index (χ0n) is 12.9. The minimum absolute atomic E-state index is 0.0418. The van der Waals surface area contributed by atoms with Gasteiger partial charge in [-0.05, 0) is 17.4 Å². The fourth-order valence-electron chi connectivity index (χ4n) is 1.90. The molecule has 3 N–H and O–H groups in total. The Hall–Kier alpha value is -1.49. The summed E-state index contributed by atoms with van der Waals surface area (Å²) in [5.41, 5.74) is 6.21. The van der Waals surface area contributed by atoms with E-state index in [0.29, 0.717) is 0 Å². The molecule has 0 bridgehead atoms. The van der Waals surface area contributed by atoms with Crippen LogP contribution < -0.4 is 11.1 Å². The van der Waals surface area contributed by atoms with E-state index in [1.165, 1.54) is 17.3 Å². The van der Waals surface area contributed by atoms with Crippen LogP contribution in [-0.4, -0.2) is 29.4 Å². The van der Waals surface area contributed by atoms with E-state index in [1.807, 2.05) is 18.2 Å². The van der Waals surface area contributed by atoms with Crippen LogP contribution in [0.4, 0.5) is 0 Å². The maximum atomic E-state index is 12.0. The summed E-state index contributed by atoms with van der Waals surface area (Å²) in [5, 5.41) is 3.07. The molecule has 4 nitrogen and oxygen atoms in total. The standard InChI is InChI=1S/C16H24N2O2S/c1-16(2,3)13(9-12-7-5-4-6-8-12)18-15(20)11-21-10-14(17)19/h4-8,13H,9-11H2,1-3H3,(H2,17,19)(H,18,20)/t13-/m1/s1. The molecular weight excluding hydrogens is 284 g/mol. The second kappa shape index (κ2) is 8.08. The molecule has 1 aromatic rings. The Morgan fingerprint density at radius 2 is 1.81 bits per heavy atom. The van der Waals surface area contributed by atoms with Crippen LogP contribution in [0.5, 0.6) is 0 Å². The fraction of sp³-hybridized carbons (Fsp3) is 0.500. The molecule has 2 amide bonds. The van der Waals surface area contributed by atoms with Crippen LogP contribution >= 0.6 is 11.8 Å². The number of benzene rings is 1. The molecule has 0 aromatic heterocycles. The molecule has 0 fully saturated rings. The Morgan fingerprint density at radius 3 is 2.33 bits per heavy atom. The van der Waals surface area contributed by atoms with Crippen molar-refractivity contribution < 1.29 is 9.59 Å². The Bertz CT molecular complexity index is 469. The van der Waals surface area contributed by atoms with E-state index in [0.717, 1.165) is 6.42 Å². The van der Waals surface area contributed by atoms with Gasteiger partial charge in [0.1, 0.15) is 0 Å². The van der Waals surface area contributed by atoms with Crippen LogP contribution in [0.3, 0.4) is 0 Å². The van der Waals surface area contributed by atoms with Crippen molar-refractivity contribution in [1.82, 2.24) is 5.32 Å². The normalized spacial score (nSPS) is 12.7. The smallest absolute Gasteiger partial charge is 0.230 e. The van der Waals surface area contributed by atoms with Gasteiger partial charge in [-0.3, -0.25) is 9.59 Å². The third kappa shape index (κ3) is 7.18. The van der Waals surface area contributed by atoms with Crippen molar-refractivity contribution in [3.8, 4) is 0 Å². The SMILES string of the molecule is CC(C)(C)[C@@H](Cc1ccccc1)NC(=O)CSCC(N)=O. The first-order chi connectivity index (χ1) is 9.79. The number of rotatable bonds is 7. The molecule has 0 aliphatic carbocycles. The lowest BCUT2D eigenvalue weighted by molar-refractivity contribution is -0.120. The number of nitrogens with two attached hydrogens (primary N) is 1. The lowest BCUT2D eigenvalue weighted by Crippen LogP contribution is -2.46. The summed E-state index contributed by atoms with van der Waals surface area (Å²) < 4.78 is 0. The number of hydrogen-bond donors (Lipinski definition) is 2. The number of thioether (sulfide) groups is 1. The average Bonchev–Trinajstić information content (AvgIpc) is 2.37. The average molecular weight is 308 g/mol. The zero-order valence-corrected chi connectivity index (χ0v) is 13.7. The molecule has 5 heteroatoms. The Balaban J connectivity index is 2.58. The number of carbonyl (C=O) groups excluding carboxylic acids is 2. The number of amides is 2. The van der Waals surface area contributed by atoms with Gasteiger partial charge in [-0.1, -0.05) is 51.1 Å². The van der Waals surface area contributed by atoms with Crippen molar-refractivity contribution in [2.24, 2.45) is 11.1 Å². The van der Waals surface area contributed by atoms with Crippen molar-refractivity contribution >= 4 is 23.6 Å². The molecule has 0 spiro atoms. The highest BCUT2D eigenvalue weighted by Crippen LogP contribution is 2.22. The predicted octanol–water partition coefficient (Wildman–Crippen LogP) is 1.98. The molecule has 0 saturated carbocycles. The molecule has 0 unspecified atom stereocenters. The van der Waals surface area contributed by atoms with Gasteiger partial charge >= 0.3 is 0 Å². The van der Waals surface area contributed by atoms with Crippen molar-refractivity contribution in [2.75, 3.05) is 11.5 Å². The minimum Gasteiger partial charge on any atom is -0.369 e. The van der Waals surface area contributed by atoms with Gasteiger partial charge in [-0.25, -0.2) is 0 Å². The summed E-state index contributed by atoms with van der Waals surface area (Å²) in [4.78, 5) is 22.7. The summed E-state index contributed by atoms with van der Waals surface area (Å²) in [6.07, 6.45) is 0.788. The summed E-state index contributed by atoms with van der Waals surface area (Å²) in [6, 6.07) is 10.1. The van der Waals surface area contributed by atoms with Gasteiger partial charge in [0.2, 0.25) is 11.8 Å². The van der Waals surface area contributed by atoms with E-state index in [2.05, 4.69) is 38.2 Å². The van der Waals surface area contributed by atoms with Gasteiger partial charge in [0.25, 0.3) is 0 Å². The molecular formula is C16H24N2O2S. The van der Waals surface area contributed by atoms with Crippen LogP contribution in [0.1, 0.15) is 26.3 Å². The summed E-state index contributed by atoms with van der Waals surface area (Å²) in [7, 11) is 0. The van der Waals surface area contributed by atoms with Gasteiger partial charge in [0.15, 0.2) is 0 Å². The van der Waals surface area contributed by atoms with Gasteiger partial charge < -0.3 is 11.1 Å². The second-order valence-corrected chi connectivity index (χ2v) is 7.12. The summed E-state index contributed by atoms with van der Waals surface area (Å²) >= 11 is 1.24. The number of carbonyl (C=O) groups is 2. The zero-order chi connectivity index (χ0) is 15.9. The van der Waals surface area contributed by atoms with Crippen LogP contribution in [0.25, 0.3) is 0 Å². The van der Waals surface area contributed by atoms with E-state index in [9.17, 15) is 9.59 Å². The van der Waals surface area contributed by atoms with E-state index in [4.69, 9.17) is 5.73 Å². The quantitative estimate of drug-likeness (QED) is 0.809. The highest BCUT2D eigenvalue weighted by atomic mass is 32.2. The lowest BCUT2D eigenvalue weighted by atomic mass is 9.83. The number of hydrogen-bond acceptors (Lipinski definition) is 3. The predicted molar refractivity (Wildman–Crippen MR) is 88.1 cm³/mol. The first-order valence-electron chi connectivity index (χ1n) is 6.98. The maximum Gasteiger partial charge on any atom is 0.230 e.